The van der Waals surface area contributed by atoms with Gasteiger partial charge in [-0.25, -0.2) is 4.79 Å². The molecular formula is C24H31N3O6. The number of urea groups is 1. The summed E-state index contributed by atoms with van der Waals surface area (Å²) in [5, 5.41) is 8.44. The molecule has 178 valence electrons. The second-order valence-electron chi connectivity index (χ2n) is 7.59. The van der Waals surface area contributed by atoms with Crippen molar-refractivity contribution in [2.45, 2.75) is 31.8 Å². The van der Waals surface area contributed by atoms with E-state index in [0.29, 0.717) is 41.6 Å². The Balaban J connectivity index is 1.48. The molecule has 0 saturated carbocycles. The summed E-state index contributed by atoms with van der Waals surface area (Å²) in [6.45, 7) is 1.24. The molecule has 1 aliphatic rings. The number of carbonyl (C=O) groups excluding carboxylic acids is 2. The predicted octanol–water partition coefficient (Wildman–Crippen LogP) is 3.58. The van der Waals surface area contributed by atoms with E-state index in [4.69, 9.17) is 18.9 Å². The Bertz CT molecular complexity index is 942. The van der Waals surface area contributed by atoms with Gasteiger partial charge in [-0.1, -0.05) is 6.07 Å². The minimum absolute atomic E-state index is 0.0901. The number of methoxy groups -OCH3 is 3. The molecule has 0 aliphatic carbocycles. The fourth-order valence-electron chi connectivity index (χ4n) is 3.66. The van der Waals surface area contributed by atoms with E-state index in [9.17, 15) is 9.59 Å². The third-order valence-electron chi connectivity index (χ3n) is 5.35. The van der Waals surface area contributed by atoms with Crippen LogP contribution in [0.25, 0.3) is 0 Å². The number of hydrogen-bond acceptors (Lipinski definition) is 6. The average Bonchev–Trinajstić information content (AvgIpc) is 3.35. The van der Waals surface area contributed by atoms with Crippen molar-refractivity contribution in [1.82, 2.24) is 5.32 Å². The van der Waals surface area contributed by atoms with Gasteiger partial charge >= 0.3 is 6.03 Å². The number of aryl methyl sites for hydroxylation is 1. The lowest BCUT2D eigenvalue weighted by Crippen LogP contribution is -2.35. The molecule has 3 rings (SSSR count). The van der Waals surface area contributed by atoms with Crippen molar-refractivity contribution >= 4 is 23.3 Å². The molecule has 1 heterocycles. The molecule has 1 aliphatic heterocycles. The summed E-state index contributed by atoms with van der Waals surface area (Å²) in [6, 6.07) is 10.3. The highest BCUT2D eigenvalue weighted by molar-refractivity contribution is 5.92. The Kier molecular flexibility index (Phi) is 8.77. The highest BCUT2D eigenvalue weighted by atomic mass is 16.5. The van der Waals surface area contributed by atoms with Gasteiger partial charge in [0.2, 0.25) is 11.7 Å². The third-order valence-corrected chi connectivity index (χ3v) is 5.35. The maximum atomic E-state index is 12.4. The first kappa shape index (κ1) is 24.2. The number of benzene rings is 2. The lowest BCUT2D eigenvalue weighted by atomic mass is 10.1. The van der Waals surface area contributed by atoms with E-state index in [1.807, 2.05) is 6.07 Å². The SMILES string of the molecule is COc1ccc(CCC(=O)Nc2ccc(NC(=O)NCC3CCCO3)cc2)c(OC)c1OC. The smallest absolute Gasteiger partial charge is 0.319 e. The Hall–Kier alpha value is -3.46. The molecule has 0 spiro atoms. The molecule has 2 aromatic carbocycles. The zero-order valence-electron chi connectivity index (χ0n) is 19.2. The maximum Gasteiger partial charge on any atom is 0.319 e. The number of nitrogens with one attached hydrogen (secondary N) is 3. The normalized spacial score (nSPS) is 14.9. The van der Waals surface area contributed by atoms with Crippen LogP contribution in [0, 0.1) is 0 Å². The Morgan fingerprint density at radius 1 is 0.939 bits per heavy atom. The third kappa shape index (κ3) is 6.76. The van der Waals surface area contributed by atoms with E-state index in [1.165, 1.54) is 0 Å². The van der Waals surface area contributed by atoms with E-state index >= 15 is 0 Å². The standard InChI is InChI=1S/C24H31N3O6/c1-30-20-12-6-16(22(31-2)23(20)32-3)7-13-21(28)26-17-8-10-18(11-9-17)27-24(29)25-15-19-5-4-14-33-19/h6,8-12,19H,4-5,7,13-15H2,1-3H3,(H,26,28)(H2,25,27,29). The molecule has 1 fully saturated rings. The topological polar surface area (TPSA) is 107 Å². The molecule has 0 bridgehead atoms. The monoisotopic (exact) mass is 457 g/mol. The molecule has 3 amide bonds. The number of carbonyl (C=O) groups is 2. The van der Waals surface area contributed by atoms with Gasteiger partial charge in [-0.05, 0) is 55.2 Å². The summed E-state index contributed by atoms with van der Waals surface area (Å²) in [5.74, 6) is 1.48. The van der Waals surface area contributed by atoms with Crippen molar-refractivity contribution in [2.24, 2.45) is 0 Å². The first-order chi connectivity index (χ1) is 16.0. The summed E-state index contributed by atoms with van der Waals surface area (Å²) in [7, 11) is 4.66. The second-order valence-corrected chi connectivity index (χ2v) is 7.59. The van der Waals surface area contributed by atoms with Crippen LogP contribution < -0.4 is 30.2 Å². The molecule has 1 saturated heterocycles. The van der Waals surface area contributed by atoms with Crippen LogP contribution >= 0.6 is 0 Å². The second kappa shape index (κ2) is 12.0. The Labute approximate surface area is 193 Å². The van der Waals surface area contributed by atoms with Gasteiger partial charge in [0, 0.05) is 30.9 Å². The van der Waals surface area contributed by atoms with Crippen LogP contribution in [0.4, 0.5) is 16.2 Å². The highest BCUT2D eigenvalue weighted by Crippen LogP contribution is 2.40. The van der Waals surface area contributed by atoms with E-state index in [1.54, 1.807) is 51.7 Å². The summed E-state index contributed by atoms with van der Waals surface area (Å²) in [4.78, 5) is 24.5. The van der Waals surface area contributed by atoms with Gasteiger partial charge < -0.3 is 34.9 Å². The molecule has 9 nitrogen and oxygen atoms in total. The van der Waals surface area contributed by atoms with Gasteiger partial charge in [0.15, 0.2) is 11.5 Å². The van der Waals surface area contributed by atoms with Crippen LogP contribution in [0.15, 0.2) is 36.4 Å². The summed E-state index contributed by atoms with van der Waals surface area (Å²) in [6.07, 6.45) is 2.82. The summed E-state index contributed by atoms with van der Waals surface area (Å²) < 4.78 is 21.6. The lowest BCUT2D eigenvalue weighted by molar-refractivity contribution is -0.116. The van der Waals surface area contributed by atoms with E-state index in [2.05, 4.69) is 16.0 Å². The molecule has 1 atom stereocenters. The van der Waals surface area contributed by atoms with Crippen molar-refractivity contribution in [3.05, 3.63) is 42.0 Å². The zero-order valence-corrected chi connectivity index (χ0v) is 19.2. The highest BCUT2D eigenvalue weighted by Gasteiger charge is 2.17. The van der Waals surface area contributed by atoms with Crippen LogP contribution in [0.2, 0.25) is 0 Å². The first-order valence-corrected chi connectivity index (χ1v) is 10.9. The van der Waals surface area contributed by atoms with Crippen molar-refractivity contribution in [2.75, 3.05) is 45.1 Å². The number of ether oxygens (including phenoxy) is 4. The molecular weight excluding hydrogens is 426 g/mol. The number of hydrogen-bond donors (Lipinski definition) is 3. The van der Waals surface area contributed by atoms with Gasteiger partial charge in [0.25, 0.3) is 0 Å². The van der Waals surface area contributed by atoms with Crippen LogP contribution in [0.1, 0.15) is 24.8 Å². The minimum Gasteiger partial charge on any atom is -0.493 e. The fourth-order valence-corrected chi connectivity index (χ4v) is 3.66. The van der Waals surface area contributed by atoms with Crippen LogP contribution in [-0.2, 0) is 16.0 Å². The van der Waals surface area contributed by atoms with Crippen molar-refractivity contribution < 1.29 is 28.5 Å². The summed E-state index contributed by atoms with van der Waals surface area (Å²) in [5.41, 5.74) is 2.12. The maximum absolute atomic E-state index is 12.4. The molecule has 1 unspecified atom stereocenters. The average molecular weight is 458 g/mol. The van der Waals surface area contributed by atoms with Crippen molar-refractivity contribution in [3.8, 4) is 17.2 Å². The lowest BCUT2D eigenvalue weighted by Gasteiger charge is -2.15. The van der Waals surface area contributed by atoms with Crippen molar-refractivity contribution in [3.63, 3.8) is 0 Å². The molecule has 9 heteroatoms. The van der Waals surface area contributed by atoms with Gasteiger partial charge in [0.1, 0.15) is 0 Å². The molecule has 3 N–H and O–H groups in total. The predicted molar refractivity (Wildman–Crippen MR) is 125 cm³/mol. The Morgan fingerprint density at radius 2 is 1.64 bits per heavy atom. The Morgan fingerprint density at radius 3 is 2.24 bits per heavy atom. The first-order valence-electron chi connectivity index (χ1n) is 10.9. The van der Waals surface area contributed by atoms with E-state index < -0.39 is 0 Å². The van der Waals surface area contributed by atoms with Crippen molar-refractivity contribution in [1.29, 1.82) is 0 Å². The molecule has 33 heavy (non-hydrogen) atoms. The quantitative estimate of drug-likeness (QED) is 0.503. The molecule has 2 aromatic rings. The number of anilines is 2. The van der Waals surface area contributed by atoms with Gasteiger partial charge in [0.05, 0.1) is 27.4 Å². The minimum atomic E-state index is -0.286. The van der Waals surface area contributed by atoms with Crippen LogP contribution in [-0.4, -0.2) is 52.5 Å². The van der Waals surface area contributed by atoms with Crippen LogP contribution in [0.5, 0.6) is 17.2 Å². The van der Waals surface area contributed by atoms with Crippen LogP contribution in [0.3, 0.4) is 0 Å². The largest absolute Gasteiger partial charge is 0.493 e. The molecule has 0 radical (unpaired) electrons. The molecule has 0 aromatic heterocycles. The number of rotatable bonds is 10. The van der Waals surface area contributed by atoms with Gasteiger partial charge in [-0.3, -0.25) is 4.79 Å². The fraction of sp³-hybridized carbons (Fsp3) is 0.417. The number of amides is 3. The van der Waals surface area contributed by atoms with Gasteiger partial charge in [-0.15, -0.1) is 0 Å². The van der Waals surface area contributed by atoms with E-state index in [0.717, 1.165) is 25.0 Å². The summed E-state index contributed by atoms with van der Waals surface area (Å²) >= 11 is 0. The van der Waals surface area contributed by atoms with Gasteiger partial charge in [-0.2, -0.15) is 0 Å². The zero-order chi connectivity index (χ0) is 23.6. The van der Waals surface area contributed by atoms with E-state index in [-0.39, 0.29) is 24.5 Å².